The summed E-state index contributed by atoms with van der Waals surface area (Å²) >= 11 is 6.14. The van der Waals surface area contributed by atoms with Gasteiger partial charge < -0.3 is 0 Å². The van der Waals surface area contributed by atoms with Crippen molar-refractivity contribution in [1.29, 1.82) is 0 Å². The molecular formula is C16H27ClN2. The van der Waals surface area contributed by atoms with Crippen LogP contribution in [0.5, 0.6) is 0 Å². The van der Waals surface area contributed by atoms with Gasteiger partial charge in [0.25, 0.3) is 0 Å². The summed E-state index contributed by atoms with van der Waals surface area (Å²) < 4.78 is 2.32. The van der Waals surface area contributed by atoms with Gasteiger partial charge in [-0.25, -0.2) is 0 Å². The molecule has 0 aromatic carbocycles. The summed E-state index contributed by atoms with van der Waals surface area (Å²) in [6.45, 7) is 6.72. The molecule has 2 rings (SSSR count). The van der Waals surface area contributed by atoms with Crippen LogP contribution in [0.1, 0.15) is 75.9 Å². The summed E-state index contributed by atoms with van der Waals surface area (Å²) in [5, 5.41) is 4.88. The molecule has 1 fully saturated rings. The predicted octanol–water partition coefficient (Wildman–Crippen LogP) is 4.89. The lowest BCUT2D eigenvalue weighted by molar-refractivity contribution is 0.252. The minimum atomic E-state index is 0.608. The minimum Gasteiger partial charge on any atom is -0.266 e. The first-order valence-electron chi connectivity index (χ1n) is 7.90. The Morgan fingerprint density at radius 2 is 1.79 bits per heavy atom. The van der Waals surface area contributed by atoms with E-state index in [0.29, 0.717) is 11.9 Å². The molecule has 108 valence electrons. The van der Waals surface area contributed by atoms with Gasteiger partial charge in [-0.1, -0.05) is 27.2 Å². The number of aryl methyl sites for hydroxylation is 1. The summed E-state index contributed by atoms with van der Waals surface area (Å²) in [7, 11) is 0. The number of hydrogen-bond acceptors (Lipinski definition) is 1. The Balaban J connectivity index is 2.22. The Morgan fingerprint density at radius 3 is 2.26 bits per heavy atom. The zero-order chi connectivity index (χ0) is 13.8. The van der Waals surface area contributed by atoms with Crippen LogP contribution in [-0.4, -0.2) is 9.78 Å². The molecule has 0 amide bonds. The molecule has 0 saturated heterocycles. The SMILES string of the molecule is CCc1nn(C2CCC(CC)CC2)c(CC)c1CCl. The van der Waals surface area contributed by atoms with E-state index in [0.717, 1.165) is 18.8 Å². The Kier molecular flexibility index (Phi) is 5.32. The van der Waals surface area contributed by atoms with Crippen molar-refractivity contribution in [3.63, 3.8) is 0 Å². The van der Waals surface area contributed by atoms with E-state index in [1.54, 1.807) is 0 Å². The normalized spacial score (nSPS) is 23.8. The zero-order valence-corrected chi connectivity index (χ0v) is 13.3. The topological polar surface area (TPSA) is 17.8 Å². The predicted molar refractivity (Wildman–Crippen MR) is 81.8 cm³/mol. The van der Waals surface area contributed by atoms with Gasteiger partial charge in [0, 0.05) is 11.3 Å². The summed E-state index contributed by atoms with van der Waals surface area (Å²) in [5.41, 5.74) is 3.89. The quantitative estimate of drug-likeness (QED) is 0.703. The summed E-state index contributed by atoms with van der Waals surface area (Å²) in [6.07, 6.45) is 8.68. The van der Waals surface area contributed by atoms with Crippen LogP contribution in [0.2, 0.25) is 0 Å². The molecule has 0 spiro atoms. The van der Waals surface area contributed by atoms with Crippen molar-refractivity contribution in [3.05, 3.63) is 17.0 Å². The van der Waals surface area contributed by atoms with E-state index in [-0.39, 0.29) is 0 Å². The number of rotatable bonds is 5. The summed E-state index contributed by atoms with van der Waals surface area (Å²) in [5.74, 6) is 1.55. The van der Waals surface area contributed by atoms with Crippen molar-refractivity contribution < 1.29 is 0 Å². The molecule has 0 N–H and O–H groups in total. The van der Waals surface area contributed by atoms with Crippen LogP contribution in [0.4, 0.5) is 0 Å². The lowest BCUT2D eigenvalue weighted by atomic mass is 9.84. The van der Waals surface area contributed by atoms with Crippen molar-refractivity contribution in [3.8, 4) is 0 Å². The van der Waals surface area contributed by atoms with E-state index in [9.17, 15) is 0 Å². The second-order valence-electron chi connectivity index (χ2n) is 5.74. The maximum atomic E-state index is 6.14. The molecule has 1 aromatic rings. The molecule has 0 bridgehead atoms. The van der Waals surface area contributed by atoms with Crippen LogP contribution in [0.3, 0.4) is 0 Å². The molecule has 0 radical (unpaired) electrons. The highest BCUT2D eigenvalue weighted by molar-refractivity contribution is 6.17. The number of hydrogen-bond donors (Lipinski definition) is 0. The molecular weight excluding hydrogens is 256 g/mol. The Bertz CT molecular complexity index is 403. The lowest BCUT2D eigenvalue weighted by Gasteiger charge is -2.29. The maximum Gasteiger partial charge on any atom is 0.0669 e. The molecule has 1 aliphatic rings. The molecule has 2 nitrogen and oxygen atoms in total. The number of nitrogens with zero attached hydrogens (tertiary/aromatic N) is 2. The van der Waals surface area contributed by atoms with E-state index in [2.05, 4.69) is 25.5 Å². The van der Waals surface area contributed by atoms with E-state index in [4.69, 9.17) is 16.7 Å². The monoisotopic (exact) mass is 282 g/mol. The van der Waals surface area contributed by atoms with Crippen LogP contribution in [0, 0.1) is 5.92 Å². The first-order chi connectivity index (χ1) is 9.24. The third kappa shape index (κ3) is 2.99. The molecule has 1 heterocycles. The minimum absolute atomic E-state index is 0.608. The maximum absolute atomic E-state index is 6.14. The van der Waals surface area contributed by atoms with Crippen molar-refractivity contribution >= 4 is 11.6 Å². The number of alkyl halides is 1. The molecule has 0 unspecified atom stereocenters. The van der Waals surface area contributed by atoms with Gasteiger partial charge in [0.2, 0.25) is 0 Å². The standard InChI is InChI=1S/C16H27ClN2/c1-4-12-7-9-13(10-8-12)19-16(6-3)14(11-17)15(5-2)18-19/h12-13H,4-11H2,1-3H3. The third-order valence-electron chi connectivity index (χ3n) is 4.74. The van der Waals surface area contributed by atoms with E-state index in [1.165, 1.54) is 49.1 Å². The Labute approximate surface area is 122 Å². The molecule has 19 heavy (non-hydrogen) atoms. The average Bonchev–Trinajstić information content (AvgIpc) is 2.84. The van der Waals surface area contributed by atoms with E-state index >= 15 is 0 Å². The van der Waals surface area contributed by atoms with Crippen LogP contribution in [-0.2, 0) is 18.7 Å². The summed E-state index contributed by atoms with van der Waals surface area (Å²) in [4.78, 5) is 0. The Morgan fingerprint density at radius 1 is 1.11 bits per heavy atom. The molecule has 0 aliphatic heterocycles. The Hall–Kier alpha value is -0.500. The van der Waals surface area contributed by atoms with E-state index < -0.39 is 0 Å². The van der Waals surface area contributed by atoms with Gasteiger partial charge >= 0.3 is 0 Å². The van der Waals surface area contributed by atoms with Gasteiger partial charge in [-0.2, -0.15) is 5.10 Å². The fourth-order valence-corrected chi connectivity index (χ4v) is 3.78. The van der Waals surface area contributed by atoms with Crippen molar-refractivity contribution in [1.82, 2.24) is 9.78 Å². The van der Waals surface area contributed by atoms with Crippen molar-refractivity contribution in [2.45, 2.75) is 77.6 Å². The highest BCUT2D eigenvalue weighted by Gasteiger charge is 2.25. The first kappa shape index (κ1) is 14.9. The molecule has 3 heteroatoms. The number of aromatic nitrogens is 2. The van der Waals surface area contributed by atoms with Crippen LogP contribution >= 0.6 is 11.6 Å². The second-order valence-corrected chi connectivity index (χ2v) is 6.01. The van der Waals surface area contributed by atoms with Crippen molar-refractivity contribution in [2.24, 2.45) is 5.92 Å². The average molecular weight is 283 g/mol. The van der Waals surface area contributed by atoms with Gasteiger partial charge in [0.15, 0.2) is 0 Å². The zero-order valence-electron chi connectivity index (χ0n) is 12.6. The van der Waals surface area contributed by atoms with Crippen LogP contribution in [0.15, 0.2) is 0 Å². The molecule has 1 aliphatic carbocycles. The van der Waals surface area contributed by atoms with Gasteiger partial charge in [-0.3, -0.25) is 4.68 Å². The molecule has 1 aromatic heterocycles. The lowest BCUT2D eigenvalue weighted by Crippen LogP contribution is -2.20. The molecule has 0 atom stereocenters. The number of halogens is 1. The van der Waals surface area contributed by atoms with E-state index in [1.807, 2.05) is 0 Å². The highest BCUT2D eigenvalue weighted by atomic mass is 35.5. The second kappa shape index (κ2) is 6.78. The third-order valence-corrected chi connectivity index (χ3v) is 5.01. The van der Waals surface area contributed by atoms with Gasteiger partial charge in [-0.05, 0) is 44.4 Å². The molecule has 1 saturated carbocycles. The van der Waals surface area contributed by atoms with Crippen LogP contribution in [0.25, 0.3) is 0 Å². The smallest absolute Gasteiger partial charge is 0.0669 e. The fraction of sp³-hybridized carbons (Fsp3) is 0.812. The fourth-order valence-electron chi connectivity index (χ4n) is 3.47. The summed E-state index contributed by atoms with van der Waals surface area (Å²) in [6, 6.07) is 0.611. The largest absolute Gasteiger partial charge is 0.266 e. The van der Waals surface area contributed by atoms with Gasteiger partial charge in [-0.15, -0.1) is 11.6 Å². The highest BCUT2D eigenvalue weighted by Crippen LogP contribution is 2.35. The van der Waals surface area contributed by atoms with Crippen LogP contribution < -0.4 is 0 Å². The first-order valence-corrected chi connectivity index (χ1v) is 8.43. The van der Waals surface area contributed by atoms with Gasteiger partial charge in [0.05, 0.1) is 17.6 Å². The van der Waals surface area contributed by atoms with Crippen molar-refractivity contribution in [2.75, 3.05) is 0 Å². The van der Waals surface area contributed by atoms with Gasteiger partial charge in [0.1, 0.15) is 0 Å².